The molecule has 0 spiro atoms. The topological polar surface area (TPSA) is 86.1 Å². The van der Waals surface area contributed by atoms with Gasteiger partial charge in [0.15, 0.2) is 11.5 Å². The Bertz CT molecular complexity index is 728. The highest BCUT2D eigenvalue weighted by Crippen LogP contribution is 2.20. The van der Waals surface area contributed by atoms with Crippen LogP contribution in [0.1, 0.15) is 30.0 Å². The molecule has 0 fully saturated rings. The number of nitrogens with zero attached hydrogens (tertiary/aromatic N) is 3. The molecule has 0 radical (unpaired) electrons. The molecule has 0 aliphatic rings. The van der Waals surface area contributed by atoms with Crippen molar-refractivity contribution in [1.29, 1.82) is 0 Å². The van der Waals surface area contributed by atoms with E-state index in [1.54, 1.807) is 22.9 Å². The molecule has 0 aliphatic carbocycles. The Labute approximate surface area is 134 Å². The standard InChI is InChI=1S/C14H14N4O3.C2H6/c1-10-4-6-18(16-10)7-5-15-14(19)11-9-13(21-17-11)12-3-2-8-20-12;1-2/h2-4,6,8-9H,5,7H2,1H3,(H,15,19);1-2H3. The number of hydrogen-bond donors (Lipinski definition) is 1. The molecule has 0 atom stereocenters. The van der Waals surface area contributed by atoms with Crippen molar-refractivity contribution in [2.24, 2.45) is 0 Å². The summed E-state index contributed by atoms with van der Waals surface area (Å²) in [6, 6.07) is 6.94. The van der Waals surface area contributed by atoms with Crippen LogP contribution in [0.3, 0.4) is 0 Å². The van der Waals surface area contributed by atoms with Crippen LogP contribution in [-0.2, 0) is 6.54 Å². The molecule has 0 saturated heterocycles. The van der Waals surface area contributed by atoms with E-state index in [9.17, 15) is 4.79 Å². The number of carbonyl (C=O) groups excluding carboxylic acids is 1. The summed E-state index contributed by atoms with van der Waals surface area (Å²) in [5.74, 6) is 0.668. The van der Waals surface area contributed by atoms with Crippen molar-refractivity contribution in [2.45, 2.75) is 27.3 Å². The molecule has 0 aromatic carbocycles. The number of rotatable bonds is 5. The zero-order chi connectivity index (χ0) is 16.7. The third-order valence-corrected chi connectivity index (χ3v) is 2.91. The fourth-order valence-electron chi connectivity index (χ4n) is 1.88. The minimum Gasteiger partial charge on any atom is -0.461 e. The van der Waals surface area contributed by atoms with Crippen molar-refractivity contribution in [2.75, 3.05) is 6.54 Å². The fraction of sp³-hybridized carbons (Fsp3) is 0.312. The van der Waals surface area contributed by atoms with Crippen LogP contribution in [-0.4, -0.2) is 27.4 Å². The van der Waals surface area contributed by atoms with Crippen molar-refractivity contribution >= 4 is 5.91 Å². The third kappa shape index (κ3) is 4.32. The first-order valence-corrected chi connectivity index (χ1v) is 7.51. The Morgan fingerprint density at radius 3 is 2.78 bits per heavy atom. The van der Waals surface area contributed by atoms with Crippen molar-refractivity contribution in [3.63, 3.8) is 0 Å². The van der Waals surface area contributed by atoms with E-state index in [2.05, 4.69) is 15.6 Å². The Morgan fingerprint density at radius 2 is 2.13 bits per heavy atom. The Balaban J connectivity index is 0.000000924. The number of hydrogen-bond acceptors (Lipinski definition) is 5. The van der Waals surface area contributed by atoms with Crippen LogP contribution in [0.4, 0.5) is 0 Å². The normalized spacial score (nSPS) is 10.0. The first-order chi connectivity index (χ1) is 11.2. The Hall–Kier alpha value is -2.83. The average molecular weight is 316 g/mol. The predicted molar refractivity (Wildman–Crippen MR) is 84.9 cm³/mol. The first kappa shape index (κ1) is 16.5. The number of furan rings is 1. The maximum absolute atomic E-state index is 11.9. The molecule has 3 heterocycles. The van der Waals surface area contributed by atoms with Gasteiger partial charge < -0.3 is 14.3 Å². The molecule has 3 aromatic rings. The number of amides is 1. The second-order valence-corrected chi connectivity index (χ2v) is 4.53. The van der Waals surface area contributed by atoms with Gasteiger partial charge >= 0.3 is 0 Å². The molecular weight excluding hydrogens is 296 g/mol. The smallest absolute Gasteiger partial charge is 0.273 e. The van der Waals surface area contributed by atoms with Gasteiger partial charge in [-0.05, 0) is 25.1 Å². The van der Waals surface area contributed by atoms with Crippen LogP contribution < -0.4 is 5.32 Å². The van der Waals surface area contributed by atoms with Crippen LogP contribution in [0.5, 0.6) is 0 Å². The highest BCUT2D eigenvalue weighted by Gasteiger charge is 2.14. The molecule has 0 aliphatic heterocycles. The van der Waals surface area contributed by atoms with Crippen LogP contribution in [0, 0.1) is 6.92 Å². The molecular formula is C16H20N4O3. The van der Waals surface area contributed by atoms with Gasteiger partial charge in [0.2, 0.25) is 5.76 Å². The van der Waals surface area contributed by atoms with Gasteiger partial charge in [-0.1, -0.05) is 19.0 Å². The van der Waals surface area contributed by atoms with E-state index >= 15 is 0 Å². The molecule has 7 heteroatoms. The molecule has 122 valence electrons. The van der Waals surface area contributed by atoms with E-state index in [1.165, 1.54) is 6.26 Å². The quantitative estimate of drug-likeness (QED) is 0.782. The molecule has 7 nitrogen and oxygen atoms in total. The molecule has 0 bridgehead atoms. The van der Waals surface area contributed by atoms with Gasteiger partial charge in [-0.15, -0.1) is 0 Å². The molecule has 3 aromatic heterocycles. The van der Waals surface area contributed by atoms with E-state index < -0.39 is 0 Å². The molecule has 0 unspecified atom stereocenters. The van der Waals surface area contributed by atoms with Crippen LogP contribution in [0.25, 0.3) is 11.5 Å². The lowest BCUT2D eigenvalue weighted by atomic mass is 10.3. The van der Waals surface area contributed by atoms with Crippen LogP contribution >= 0.6 is 0 Å². The Morgan fingerprint density at radius 1 is 1.30 bits per heavy atom. The second-order valence-electron chi connectivity index (χ2n) is 4.53. The van der Waals surface area contributed by atoms with Gasteiger partial charge in [0.1, 0.15) is 0 Å². The maximum atomic E-state index is 11.9. The summed E-state index contributed by atoms with van der Waals surface area (Å²) in [6.07, 6.45) is 3.40. The van der Waals surface area contributed by atoms with Crippen LogP contribution in [0.2, 0.25) is 0 Å². The Kier molecular flexibility index (Phi) is 5.74. The SMILES string of the molecule is CC.Cc1ccn(CCNC(=O)c2cc(-c3ccco3)on2)n1. The van der Waals surface area contributed by atoms with Gasteiger partial charge in [0, 0.05) is 18.8 Å². The maximum Gasteiger partial charge on any atom is 0.273 e. The number of carbonyl (C=O) groups is 1. The van der Waals surface area contributed by atoms with E-state index in [1.807, 2.05) is 33.0 Å². The highest BCUT2D eigenvalue weighted by molar-refractivity contribution is 5.92. The van der Waals surface area contributed by atoms with Crippen molar-refractivity contribution < 1.29 is 13.7 Å². The number of nitrogens with one attached hydrogen (secondary N) is 1. The molecule has 1 N–H and O–H groups in total. The van der Waals surface area contributed by atoms with Gasteiger partial charge in [0.25, 0.3) is 5.91 Å². The minimum absolute atomic E-state index is 0.220. The van der Waals surface area contributed by atoms with Gasteiger partial charge in [0.05, 0.1) is 18.5 Å². The number of aromatic nitrogens is 3. The van der Waals surface area contributed by atoms with Gasteiger partial charge in [-0.2, -0.15) is 5.10 Å². The monoisotopic (exact) mass is 316 g/mol. The molecule has 3 rings (SSSR count). The zero-order valence-corrected chi connectivity index (χ0v) is 13.4. The lowest BCUT2D eigenvalue weighted by Crippen LogP contribution is -2.27. The first-order valence-electron chi connectivity index (χ1n) is 7.51. The lowest BCUT2D eigenvalue weighted by Gasteiger charge is -2.02. The van der Waals surface area contributed by atoms with E-state index in [-0.39, 0.29) is 11.6 Å². The van der Waals surface area contributed by atoms with Crippen molar-refractivity contribution in [3.05, 3.63) is 48.1 Å². The molecule has 23 heavy (non-hydrogen) atoms. The summed E-state index contributed by atoms with van der Waals surface area (Å²) < 4.78 is 12.0. The number of aryl methyl sites for hydroxylation is 1. The van der Waals surface area contributed by atoms with Crippen LogP contribution in [0.15, 0.2) is 45.7 Å². The summed E-state index contributed by atoms with van der Waals surface area (Å²) >= 11 is 0. The van der Waals surface area contributed by atoms with Crippen molar-refractivity contribution in [1.82, 2.24) is 20.3 Å². The largest absolute Gasteiger partial charge is 0.461 e. The molecule has 0 saturated carbocycles. The fourth-order valence-corrected chi connectivity index (χ4v) is 1.88. The van der Waals surface area contributed by atoms with Crippen molar-refractivity contribution in [3.8, 4) is 11.5 Å². The summed E-state index contributed by atoms with van der Waals surface area (Å²) in [5, 5.41) is 10.7. The molecule has 1 amide bonds. The summed E-state index contributed by atoms with van der Waals surface area (Å²) in [5.41, 5.74) is 1.17. The second kappa shape index (κ2) is 7.98. The van der Waals surface area contributed by atoms with Gasteiger partial charge in [-0.25, -0.2) is 0 Å². The highest BCUT2D eigenvalue weighted by atomic mass is 16.5. The zero-order valence-electron chi connectivity index (χ0n) is 13.4. The third-order valence-electron chi connectivity index (χ3n) is 2.91. The van der Waals surface area contributed by atoms with Gasteiger partial charge in [-0.3, -0.25) is 9.48 Å². The van der Waals surface area contributed by atoms with E-state index in [4.69, 9.17) is 8.94 Å². The summed E-state index contributed by atoms with van der Waals surface area (Å²) in [7, 11) is 0. The van der Waals surface area contributed by atoms with E-state index in [0.29, 0.717) is 24.6 Å². The van der Waals surface area contributed by atoms with E-state index in [0.717, 1.165) is 5.69 Å². The summed E-state index contributed by atoms with van der Waals surface area (Å²) in [4.78, 5) is 11.9. The average Bonchev–Trinajstić information content (AvgIpc) is 3.30. The minimum atomic E-state index is -0.291. The lowest BCUT2D eigenvalue weighted by molar-refractivity contribution is 0.0943. The summed E-state index contributed by atoms with van der Waals surface area (Å²) in [6.45, 7) is 6.98. The predicted octanol–water partition coefficient (Wildman–Crippen LogP) is 2.90.